The SMILES string of the molecule is O=C(CC(Cc1ccc(F)cc1)C(=O)O)NCCO. The van der Waals surface area contributed by atoms with Gasteiger partial charge in [0.1, 0.15) is 5.82 Å². The van der Waals surface area contributed by atoms with E-state index in [0.717, 1.165) is 0 Å². The molecule has 1 atom stereocenters. The molecule has 0 aliphatic heterocycles. The number of carbonyl (C=O) groups excluding carboxylic acids is 1. The van der Waals surface area contributed by atoms with Crippen LogP contribution < -0.4 is 5.32 Å². The average molecular weight is 269 g/mol. The van der Waals surface area contributed by atoms with Gasteiger partial charge in [-0.25, -0.2) is 4.39 Å². The highest BCUT2D eigenvalue weighted by Crippen LogP contribution is 2.13. The van der Waals surface area contributed by atoms with E-state index in [2.05, 4.69) is 5.32 Å². The van der Waals surface area contributed by atoms with Crippen molar-refractivity contribution < 1.29 is 24.2 Å². The molecule has 3 N–H and O–H groups in total. The van der Waals surface area contributed by atoms with Crippen molar-refractivity contribution in [3.63, 3.8) is 0 Å². The Bertz CT molecular complexity index is 433. The van der Waals surface area contributed by atoms with Gasteiger partial charge in [0, 0.05) is 13.0 Å². The van der Waals surface area contributed by atoms with E-state index in [-0.39, 0.29) is 26.0 Å². The molecule has 6 heteroatoms. The summed E-state index contributed by atoms with van der Waals surface area (Å²) in [4.78, 5) is 22.5. The molecule has 104 valence electrons. The summed E-state index contributed by atoms with van der Waals surface area (Å²) in [6.07, 6.45) is -0.0190. The number of benzene rings is 1. The van der Waals surface area contributed by atoms with E-state index in [1.165, 1.54) is 24.3 Å². The maximum Gasteiger partial charge on any atom is 0.307 e. The van der Waals surface area contributed by atoms with Gasteiger partial charge < -0.3 is 15.5 Å². The normalized spacial score (nSPS) is 11.9. The summed E-state index contributed by atoms with van der Waals surface area (Å²) >= 11 is 0. The van der Waals surface area contributed by atoms with Gasteiger partial charge >= 0.3 is 5.97 Å². The highest BCUT2D eigenvalue weighted by molar-refractivity contribution is 5.82. The summed E-state index contributed by atoms with van der Waals surface area (Å²) in [5.74, 6) is -2.77. The Labute approximate surface area is 110 Å². The lowest BCUT2D eigenvalue weighted by Gasteiger charge is -2.12. The molecule has 0 aliphatic rings. The van der Waals surface area contributed by atoms with E-state index in [4.69, 9.17) is 10.2 Å². The third-order valence-corrected chi connectivity index (χ3v) is 2.61. The van der Waals surface area contributed by atoms with Crippen LogP contribution in [0.25, 0.3) is 0 Å². The first kappa shape index (κ1) is 15.1. The number of aliphatic carboxylic acids is 1. The number of aliphatic hydroxyl groups excluding tert-OH is 1. The van der Waals surface area contributed by atoms with E-state index < -0.39 is 23.6 Å². The third-order valence-electron chi connectivity index (χ3n) is 2.61. The van der Waals surface area contributed by atoms with Gasteiger partial charge in [0.2, 0.25) is 5.91 Å². The molecular formula is C13H16FNO4. The van der Waals surface area contributed by atoms with Crippen LogP contribution in [-0.2, 0) is 16.0 Å². The summed E-state index contributed by atoms with van der Waals surface area (Å²) < 4.78 is 12.7. The van der Waals surface area contributed by atoms with E-state index in [0.29, 0.717) is 5.56 Å². The molecular weight excluding hydrogens is 253 g/mol. The highest BCUT2D eigenvalue weighted by Gasteiger charge is 2.21. The van der Waals surface area contributed by atoms with Crippen molar-refractivity contribution in [1.29, 1.82) is 0 Å². The minimum absolute atomic E-state index is 0.0989. The Morgan fingerprint density at radius 1 is 1.26 bits per heavy atom. The number of amides is 1. The van der Waals surface area contributed by atoms with Gasteiger partial charge in [0.25, 0.3) is 0 Å². The number of hydrogen-bond acceptors (Lipinski definition) is 3. The Hall–Kier alpha value is -1.95. The zero-order valence-corrected chi connectivity index (χ0v) is 10.3. The van der Waals surface area contributed by atoms with Crippen LogP contribution >= 0.6 is 0 Å². The van der Waals surface area contributed by atoms with Crippen molar-refractivity contribution in [2.45, 2.75) is 12.8 Å². The number of carboxylic acids is 1. The van der Waals surface area contributed by atoms with Gasteiger partial charge in [-0.1, -0.05) is 12.1 Å². The first-order valence-electron chi connectivity index (χ1n) is 5.87. The van der Waals surface area contributed by atoms with Crippen molar-refractivity contribution in [1.82, 2.24) is 5.32 Å². The van der Waals surface area contributed by atoms with Crippen LogP contribution in [0.5, 0.6) is 0 Å². The summed E-state index contributed by atoms with van der Waals surface area (Å²) in [6, 6.07) is 5.49. The fourth-order valence-electron chi connectivity index (χ4n) is 1.64. The van der Waals surface area contributed by atoms with Gasteiger partial charge in [-0.05, 0) is 24.1 Å². The van der Waals surface area contributed by atoms with Crippen LogP contribution in [0, 0.1) is 11.7 Å². The van der Waals surface area contributed by atoms with Crippen LogP contribution in [0.15, 0.2) is 24.3 Å². The van der Waals surface area contributed by atoms with Crippen LogP contribution in [-0.4, -0.2) is 35.2 Å². The Morgan fingerprint density at radius 3 is 2.42 bits per heavy atom. The monoisotopic (exact) mass is 269 g/mol. The van der Waals surface area contributed by atoms with Crippen LogP contribution in [0.2, 0.25) is 0 Å². The van der Waals surface area contributed by atoms with Crippen molar-refractivity contribution in [2.24, 2.45) is 5.92 Å². The largest absolute Gasteiger partial charge is 0.481 e. The molecule has 1 amide bonds. The lowest BCUT2D eigenvalue weighted by molar-refractivity contribution is -0.144. The molecule has 19 heavy (non-hydrogen) atoms. The van der Waals surface area contributed by atoms with E-state index >= 15 is 0 Å². The Kier molecular flexibility index (Phi) is 5.95. The molecule has 0 saturated heterocycles. The molecule has 0 heterocycles. The maximum absolute atomic E-state index is 12.7. The molecule has 0 spiro atoms. The molecule has 5 nitrogen and oxygen atoms in total. The smallest absolute Gasteiger partial charge is 0.307 e. The highest BCUT2D eigenvalue weighted by atomic mass is 19.1. The molecule has 1 unspecified atom stereocenters. The van der Waals surface area contributed by atoms with E-state index in [9.17, 15) is 14.0 Å². The number of nitrogens with one attached hydrogen (secondary N) is 1. The number of carboxylic acid groups (broad SMARTS) is 1. The molecule has 0 radical (unpaired) electrons. The zero-order chi connectivity index (χ0) is 14.3. The summed E-state index contributed by atoms with van der Waals surface area (Å²) in [5, 5.41) is 20.0. The van der Waals surface area contributed by atoms with Gasteiger partial charge in [0.15, 0.2) is 0 Å². The number of hydrogen-bond donors (Lipinski definition) is 3. The number of halogens is 1. The molecule has 0 fully saturated rings. The van der Waals surface area contributed by atoms with Gasteiger partial charge in [-0.15, -0.1) is 0 Å². The maximum atomic E-state index is 12.7. The second-order valence-corrected chi connectivity index (χ2v) is 4.14. The topological polar surface area (TPSA) is 86.6 Å². The summed E-state index contributed by atoms with van der Waals surface area (Å²) in [6.45, 7) is -0.0941. The summed E-state index contributed by atoms with van der Waals surface area (Å²) in [5.41, 5.74) is 0.656. The van der Waals surface area contributed by atoms with Gasteiger partial charge in [-0.3, -0.25) is 9.59 Å². The van der Waals surface area contributed by atoms with E-state index in [1.807, 2.05) is 0 Å². The van der Waals surface area contributed by atoms with Crippen LogP contribution in [0.4, 0.5) is 4.39 Å². The first-order chi connectivity index (χ1) is 9.02. The lowest BCUT2D eigenvalue weighted by atomic mass is 9.96. The molecule has 1 aromatic rings. The summed E-state index contributed by atoms with van der Waals surface area (Å²) in [7, 11) is 0. The quantitative estimate of drug-likeness (QED) is 0.675. The Morgan fingerprint density at radius 2 is 1.89 bits per heavy atom. The fraction of sp³-hybridized carbons (Fsp3) is 0.385. The molecule has 0 bridgehead atoms. The first-order valence-corrected chi connectivity index (χ1v) is 5.87. The predicted molar refractivity (Wildman–Crippen MR) is 65.9 cm³/mol. The van der Waals surface area contributed by atoms with Gasteiger partial charge in [-0.2, -0.15) is 0 Å². The fourth-order valence-corrected chi connectivity index (χ4v) is 1.64. The standard InChI is InChI=1S/C13H16FNO4/c14-11-3-1-9(2-4-11)7-10(13(18)19)8-12(17)15-5-6-16/h1-4,10,16H,5-8H2,(H,15,17)(H,18,19). The van der Waals surface area contributed by atoms with Crippen LogP contribution in [0.1, 0.15) is 12.0 Å². The lowest BCUT2D eigenvalue weighted by Crippen LogP contribution is -2.31. The molecule has 0 saturated carbocycles. The molecule has 1 aromatic carbocycles. The van der Waals surface area contributed by atoms with Crippen molar-refractivity contribution in [3.05, 3.63) is 35.6 Å². The number of carbonyl (C=O) groups is 2. The number of rotatable bonds is 7. The zero-order valence-electron chi connectivity index (χ0n) is 10.3. The molecule has 0 aromatic heterocycles. The number of aliphatic hydroxyl groups is 1. The second kappa shape index (κ2) is 7.48. The molecule has 1 rings (SSSR count). The minimum atomic E-state index is -1.08. The third kappa shape index (κ3) is 5.48. The Balaban J connectivity index is 2.60. The average Bonchev–Trinajstić information content (AvgIpc) is 2.38. The van der Waals surface area contributed by atoms with Crippen molar-refractivity contribution in [2.75, 3.05) is 13.2 Å². The van der Waals surface area contributed by atoms with Crippen LogP contribution in [0.3, 0.4) is 0 Å². The van der Waals surface area contributed by atoms with Crippen molar-refractivity contribution >= 4 is 11.9 Å². The van der Waals surface area contributed by atoms with Crippen molar-refractivity contribution in [3.8, 4) is 0 Å². The minimum Gasteiger partial charge on any atom is -0.481 e. The predicted octanol–water partition coefficient (Wildman–Crippen LogP) is 0.568. The second-order valence-electron chi connectivity index (χ2n) is 4.14. The molecule has 0 aliphatic carbocycles. The van der Waals surface area contributed by atoms with Gasteiger partial charge in [0.05, 0.1) is 12.5 Å². The van der Waals surface area contributed by atoms with E-state index in [1.54, 1.807) is 0 Å².